The van der Waals surface area contributed by atoms with E-state index >= 15 is 0 Å². The molecule has 1 fully saturated rings. The van der Waals surface area contributed by atoms with Crippen LogP contribution in [0.5, 0.6) is 5.75 Å². The van der Waals surface area contributed by atoms with Gasteiger partial charge in [0.05, 0.1) is 25.9 Å². The molecule has 11 heteroatoms. The summed E-state index contributed by atoms with van der Waals surface area (Å²) in [4.78, 5) is 31.7. The SMILES string of the molecule is COc1ccc([C@@H](Cn2c(Cl)nn3c(C4CCOCC4)ncc3c2=O)N(C(=O)O)C(C)(C)C)cc1. The maximum absolute atomic E-state index is 13.5. The predicted octanol–water partition coefficient (Wildman–Crippen LogP) is 3.97. The van der Waals surface area contributed by atoms with Crippen molar-refractivity contribution in [2.75, 3.05) is 20.3 Å². The number of hydrogen-bond acceptors (Lipinski definition) is 6. The van der Waals surface area contributed by atoms with Crippen molar-refractivity contribution in [3.8, 4) is 5.75 Å². The molecule has 1 amide bonds. The molecule has 1 N–H and O–H groups in total. The second kappa shape index (κ2) is 9.87. The minimum absolute atomic E-state index is 0.0190. The summed E-state index contributed by atoms with van der Waals surface area (Å²) < 4.78 is 13.5. The smallest absolute Gasteiger partial charge is 0.408 e. The standard InChI is InChI=1S/C24H30ClN5O5/c1-24(2,3)29(23(32)33)19(15-5-7-17(34-4)8-6-15)14-28-21(31)18-13-26-20(30(18)27-22(28)25)16-9-11-35-12-10-16/h5-8,13,16,19H,9-12,14H2,1-4H3,(H,32,33)/t19-/m1/s1. The number of nitrogens with zero attached hydrogens (tertiary/aromatic N) is 5. The lowest BCUT2D eigenvalue weighted by molar-refractivity contribution is 0.0631. The number of carboxylic acid groups (broad SMARTS) is 1. The fourth-order valence-electron chi connectivity index (χ4n) is 4.58. The van der Waals surface area contributed by atoms with E-state index in [2.05, 4.69) is 10.1 Å². The van der Waals surface area contributed by atoms with Crippen LogP contribution < -0.4 is 10.3 Å². The number of carbonyl (C=O) groups is 1. The first-order valence-electron chi connectivity index (χ1n) is 11.5. The van der Waals surface area contributed by atoms with E-state index in [0.29, 0.717) is 35.9 Å². The fraction of sp³-hybridized carbons (Fsp3) is 0.500. The Hall–Kier alpha value is -3.11. The number of imidazole rings is 1. The second-order valence-electron chi connectivity index (χ2n) is 9.60. The van der Waals surface area contributed by atoms with Gasteiger partial charge in [0.15, 0.2) is 5.52 Å². The van der Waals surface area contributed by atoms with Gasteiger partial charge >= 0.3 is 6.09 Å². The summed E-state index contributed by atoms with van der Waals surface area (Å²) >= 11 is 6.55. The van der Waals surface area contributed by atoms with Crippen LogP contribution in [0.3, 0.4) is 0 Å². The monoisotopic (exact) mass is 503 g/mol. The fourth-order valence-corrected chi connectivity index (χ4v) is 4.81. The summed E-state index contributed by atoms with van der Waals surface area (Å²) in [5.41, 5.74) is -0.144. The molecule has 0 radical (unpaired) electrons. The van der Waals surface area contributed by atoms with E-state index in [1.165, 1.54) is 20.2 Å². The van der Waals surface area contributed by atoms with Crippen LogP contribution in [0.15, 0.2) is 35.3 Å². The van der Waals surface area contributed by atoms with Crippen LogP contribution in [0.4, 0.5) is 4.79 Å². The Labute approximate surface area is 208 Å². The van der Waals surface area contributed by atoms with Gasteiger partial charge in [-0.3, -0.25) is 14.3 Å². The highest BCUT2D eigenvalue weighted by atomic mass is 35.5. The average molecular weight is 504 g/mol. The van der Waals surface area contributed by atoms with E-state index in [1.807, 2.05) is 0 Å². The molecule has 1 atom stereocenters. The van der Waals surface area contributed by atoms with Crippen molar-refractivity contribution in [1.82, 2.24) is 24.1 Å². The van der Waals surface area contributed by atoms with Crippen molar-refractivity contribution >= 4 is 23.2 Å². The van der Waals surface area contributed by atoms with E-state index < -0.39 is 17.7 Å². The first-order chi connectivity index (χ1) is 16.6. The van der Waals surface area contributed by atoms with Crippen LogP contribution in [-0.2, 0) is 11.3 Å². The summed E-state index contributed by atoms with van der Waals surface area (Å²) in [5, 5.41) is 14.6. The normalized spacial score (nSPS) is 15.8. The molecule has 10 nitrogen and oxygen atoms in total. The van der Waals surface area contributed by atoms with E-state index in [9.17, 15) is 14.7 Å². The quantitative estimate of drug-likeness (QED) is 0.541. The Balaban J connectivity index is 1.79. The Kier molecular flexibility index (Phi) is 7.05. The van der Waals surface area contributed by atoms with Gasteiger partial charge < -0.3 is 14.6 Å². The number of fused-ring (bicyclic) bond motifs is 1. The van der Waals surface area contributed by atoms with Gasteiger partial charge in [0.2, 0.25) is 5.28 Å². The van der Waals surface area contributed by atoms with Crippen molar-refractivity contribution in [2.24, 2.45) is 0 Å². The third-order valence-electron chi connectivity index (χ3n) is 6.32. The zero-order valence-corrected chi connectivity index (χ0v) is 21.0. The zero-order chi connectivity index (χ0) is 25.3. The number of halogens is 1. The van der Waals surface area contributed by atoms with Gasteiger partial charge in [0, 0.05) is 24.7 Å². The largest absolute Gasteiger partial charge is 0.497 e. The second-order valence-corrected chi connectivity index (χ2v) is 9.94. The number of methoxy groups -OCH3 is 1. The Morgan fingerprint density at radius 1 is 1.29 bits per heavy atom. The molecule has 1 saturated heterocycles. The maximum Gasteiger partial charge on any atom is 0.408 e. The minimum Gasteiger partial charge on any atom is -0.497 e. The Morgan fingerprint density at radius 2 is 1.94 bits per heavy atom. The number of amides is 1. The summed E-state index contributed by atoms with van der Waals surface area (Å²) in [5.74, 6) is 1.45. The first-order valence-corrected chi connectivity index (χ1v) is 11.9. The van der Waals surface area contributed by atoms with Crippen LogP contribution in [-0.4, -0.2) is 61.1 Å². The van der Waals surface area contributed by atoms with Crippen LogP contribution in [0.25, 0.3) is 5.52 Å². The lowest BCUT2D eigenvalue weighted by Gasteiger charge is -2.40. The molecule has 188 valence electrons. The molecule has 1 aliphatic heterocycles. The van der Waals surface area contributed by atoms with Gasteiger partial charge in [-0.1, -0.05) is 12.1 Å². The molecule has 0 aliphatic carbocycles. The van der Waals surface area contributed by atoms with E-state index in [-0.39, 0.29) is 23.3 Å². The number of ether oxygens (including phenoxy) is 2. The molecular weight excluding hydrogens is 474 g/mol. The molecule has 0 bridgehead atoms. The van der Waals surface area contributed by atoms with Crippen LogP contribution in [0, 0.1) is 0 Å². The average Bonchev–Trinajstić information content (AvgIpc) is 3.24. The molecule has 1 aliphatic rings. The van der Waals surface area contributed by atoms with Crippen molar-refractivity contribution in [3.05, 3.63) is 57.5 Å². The van der Waals surface area contributed by atoms with Crippen molar-refractivity contribution in [3.63, 3.8) is 0 Å². The summed E-state index contributed by atoms with van der Waals surface area (Å²) in [6.07, 6.45) is 1.98. The number of benzene rings is 1. The number of aromatic nitrogens is 4. The van der Waals surface area contributed by atoms with Gasteiger partial charge in [-0.25, -0.2) is 14.3 Å². The third-order valence-corrected chi connectivity index (χ3v) is 6.60. The molecule has 0 spiro atoms. The summed E-state index contributed by atoms with van der Waals surface area (Å²) in [6.45, 7) is 6.66. The molecule has 0 saturated carbocycles. The highest BCUT2D eigenvalue weighted by molar-refractivity contribution is 6.28. The van der Waals surface area contributed by atoms with E-state index in [1.54, 1.807) is 52.1 Å². The Bertz CT molecular complexity index is 1260. The zero-order valence-electron chi connectivity index (χ0n) is 20.3. The van der Waals surface area contributed by atoms with Crippen molar-refractivity contribution < 1.29 is 19.4 Å². The molecule has 0 unspecified atom stereocenters. The highest BCUT2D eigenvalue weighted by Gasteiger charge is 2.35. The minimum atomic E-state index is -1.11. The van der Waals surface area contributed by atoms with E-state index in [0.717, 1.165) is 12.8 Å². The number of rotatable bonds is 6. The van der Waals surface area contributed by atoms with E-state index in [4.69, 9.17) is 21.1 Å². The first kappa shape index (κ1) is 25.0. The van der Waals surface area contributed by atoms with Gasteiger partial charge in [-0.15, -0.1) is 5.10 Å². The lowest BCUT2D eigenvalue weighted by Crippen LogP contribution is -2.49. The molecule has 2 aromatic heterocycles. The van der Waals surface area contributed by atoms with Crippen molar-refractivity contribution in [1.29, 1.82) is 0 Å². The van der Waals surface area contributed by atoms with Crippen LogP contribution >= 0.6 is 11.6 Å². The third kappa shape index (κ3) is 4.99. The number of hydrogen-bond donors (Lipinski definition) is 1. The molecule has 1 aromatic carbocycles. The molecule has 4 rings (SSSR count). The summed E-state index contributed by atoms with van der Waals surface area (Å²) in [7, 11) is 1.56. The van der Waals surface area contributed by atoms with Crippen LogP contribution in [0.2, 0.25) is 5.28 Å². The van der Waals surface area contributed by atoms with Crippen LogP contribution in [0.1, 0.15) is 57.0 Å². The summed E-state index contributed by atoms with van der Waals surface area (Å²) in [6, 6.07) is 6.38. The van der Waals surface area contributed by atoms with Gasteiger partial charge in [0.1, 0.15) is 11.6 Å². The topological polar surface area (TPSA) is 111 Å². The predicted molar refractivity (Wildman–Crippen MR) is 130 cm³/mol. The van der Waals surface area contributed by atoms with Gasteiger partial charge in [0.25, 0.3) is 5.56 Å². The highest BCUT2D eigenvalue weighted by Crippen LogP contribution is 2.32. The molecular formula is C24H30ClN5O5. The maximum atomic E-state index is 13.5. The van der Waals surface area contributed by atoms with Gasteiger partial charge in [-0.2, -0.15) is 0 Å². The molecule has 3 heterocycles. The Morgan fingerprint density at radius 3 is 2.51 bits per heavy atom. The molecule has 3 aromatic rings. The van der Waals surface area contributed by atoms with Crippen molar-refractivity contribution in [2.45, 2.75) is 57.7 Å². The van der Waals surface area contributed by atoms with Gasteiger partial charge in [-0.05, 0) is 62.9 Å². The lowest BCUT2D eigenvalue weighted by atomic mass is 9.98. The molecule has 35 heavy (non-hydrogen) atoms.